The number of benzene rings is 1. The number of aromatic carboxylic acids is 1. The van der Waals surface area contributed by atoms with Gasteiger partial charge in [0.1, 0.15) is 4.90 Å². The summed E-state index contributed by atoms with van der Waals surface area (Å²) in [5.74, 6) is -1.19. The van der Waals surface area contributed by atoms with Crippen LogP contribution >= 0.6 is 23.2 Å². The lowest BCUT2D eigenvalue weighted by molar-refractivity contribution is 0.0697. The van der Waals surface area contributed by atoms with Gasteiger partial charge in [0.15, 0.2) is 0 Å². The average molecular weight is 340 g/mol. The molecule has 0 atom stereocenters. The van der Waals surface area contributed by atoms with E-state index in [1.54, 1.807) is 0 Å². The number of sulfonamides is 1. The van der Waals surface area contributed by atoms with Gasteiger partial charge in [0.25, 0.3) is 0 Å². The molecule has 1 rings (SSSR count). The third-order valence-corrected chi connectivity index (χ3v) is 5.16. The highest BCUT2D eigenvalue weighted by Gasteiger charge is 2.26. The van der Waals surface area contributed by atoms with E-state index in [1.807, 2.05) is 13.8 Å². The molecule has 0 aliphatic heterocycles. The van der Waals surface area contributed by atoms with Crippen molar-refractivity contribution in [3.05, 3.63) is 27.7 Å². The van der Waals surface area contributed by atoms with Gasteiger partial charge < -0.3 is 5.11 Å². The first-order chi connectivity index (χ1) is 9.07. The van der Waals surface area contributed by atoms with E-state index in [0.29, 0.717) is 6.54 Å². The Hall–Kier alpha value is -0.820. The van der Waals surface area contributed by atoms with Gasteiger partial charge in [-0.2, -0.15) is 0 Å². The van der Waals surface area contributed by atoms with Crippen molar-refractivity contribution in [3.8, 4) is 0 Å². The highest BCUT2D eigenvalue weighted by Crippen LogP contribution is 2.30. The van der Waals surface area contributed by atoms with Gasteiger partial charge in [-0.15, -0.1) is 0 Å². The molecule has 0 radical (unpaired) electrons. The lowest BCUT2D eigenvalue weighted by atomic mass is 10.2. The number of nitrogens with zero attached hydrogens (tertiary/aromatic N) is 1. The van der Waals surface area contributed by atoms with Crippen LogP contribution in [0.4, 0.5) is 0 Å². The van der Waals surface area contributed by atoms with Crippen molar-refractivity contribution in [2.45, 2.75) is 18.7 Å². The lowest BCUT2D eigenvalue weighted by Crippen LogP contribution is -2.30. The smallest absolute Gasteiger partial charge is 0.337 e. The Morgan fingerprint density at radius 3 is 2.30 bits per heavy atom. The van der Waals surface area contributed by atoms with Crippen molar-refractivity contribution >= 4 is 39.2 Å². The molecule has 112 valence electrons. The molecule has 0 aromatic heterocycles. The molecule has 0 heterocycles. The summed E-state index contributed by atoms with van der Waals surface area (Å²) in [6, 6.07) is 2.11. The molecular formula is C12H15Cl2NO4S. The average Bonchev–Trinajstić information content (AvgIpc) is 2.26. The molecule has 0 unspecified atom stereocenters. The molecule has 20 heavy (non-hydrogen) atoms. The normalized spacial score (nSPS) is 12.2. The molecule has 0 saturated carbocycles. The van der Waals surface area contributed by atoms with Crippen LogP contribution in [-0.2, 0) is 10.0 Å². The molecule has 0 spiro atoms. The van der Waals surface area contributed by atoms with E-state index in [-0.39, 0.29) is 26.4 Å². The summed E-state index contributed by atoms with van der Waals surface area (Å²) in [5, 5.41) is 8.79. The molecule has 1 aromatic rings. The number of carbonyl (C=O) groups is 1. The van der Waals surface area contributed by atoms with Crippen LogP contribution in [0.2, 0.25) is 10.0 Å². The summed E-state index contributed by atoms with van der Waals surface area (Å²) >= 11 is 11.6. The molecular weight excluding hydrogens is 325 g/mol. The first-order valence-corrected chi connectivity index (χ1v) is 7.95. The van der Waals surface area contributed by atoms with Crippen molar-refractivity contribution < 1.29 is 18.3 Å². The van der Waals surface area contributed by atoms with Gasteiger partial charge in [-0.05, 0) is 18.1 Å². The van der Waals surface area contributed by atoms with Crippen molar-refractivity contribution in [2.75, 3.05) is 13.6 Å². The second-order valence-corrected chi connectivity index (χ2v) is 7.57. The van der Waals surface area contributed by atoms with Crippen LogP contribution in [0.15, 0.2) is 17.0 Å². The third-order valence-electron chi connectivity index (χ3n) is 2.56. The van der Waals surface area contributed by atoms with Crippen molar-refractivity contribution in [2.24, 2.45) is 5.92 Å². The minimum absolute atomic E-state index is 0.101. The monoisotopic (exact) mass is 339 g/mol. The van der Waals surface area contributed by atoms with E-state index >= 15 is 0 Å². The molecule has 0 fully saturated rings. The Bertz CT molecular complexity index is 629. The highest BCUT2D eigenvalue weighted by molar-refractivity contribution is 7.89. The summed E-state index contributed by atoms with van der Waals surface area (Å²) in [6.45, 7) is 4.04. The number of hydrogen-bond acceptors (Lipinski definition) is 3. The predicted octanol–water partition coefficient (Wildman–Crippen LogP) is 2.97. The van der Waals surface area contributed by atoms with Crippen molar-refractivity contribution in [3.63, 3.8) is 0 Å². The number of carboxylic acid groups (broad SMARTS) is 1. The largest absolute Gasteiger partial charge is 0.478 e. The third kappa shape index (κ3) is 3.63. The Labute approximate surface area is 128 Å². The second-order valence-electron chi connectivity index (χ2n) is 4.75. The fourth-order valence-electron chi connectivity index (χ4n) is 1.67. The SMILES string of the molecule is CC(C)CN(C)S(=O)(=O)c1cc(C(=O)O)c(Cl)cc1Cl. The Kier molecular flexibility index (Phi) is 5.43. The van der Waals surface area contributed by atoms with E-state index in [0.717, 1.165) is 16.4 Å². The topological polar surface area (TPSA) is 74.7 Å². The van der Waals surface area contributed by atoms with Crippen LogP contribution in [0.5, 0.6) is 0 Å². The summed E-state index contributed by atoms with van der Waals surface area (Å²) in [7, 11) is -2.44. The Morgan fingerprint density at radius 2 is 1.85 bits per heavy atom. The Morgan fingerprint density at radius 1 is 1.30 bits per heavy atom. The molecule has 1 N–H and O–H groups in total. The molecule has 0 saturated heterocycles. The van der Waals surface area contributed by atoms with Crippen LogP contribution in [0, 0.1) is 5.92 Å². The fraction of sp³-hybridized carbons (Fsp3) is 0.417. The van der Waals surface area contributed by atoms with Gasteiger partial charge >= 0.3 is 5.97 Å². The maximum absolute atomic E-state index is 12.4. The van der Waals surface area contributed by atoms with Gasteiger partial charge in [-0.1, -0.05) is 37.0 Å². The zero-order chi connectivity index (χ0) is 15.7. The van der Waals surface area contributed by atoms with Gasteiger partial charge in [-0.3, -0.25) is 0 Å². The number of hydrogen-bond donors (Lipinski definition) is 1. The standard InChI is InChI=1S/C12H15Cl2NO4S/c1-7(2)6-15(3)20(18,19)11-4-8(12(16)17)9(13)5-10(11)14/h4-5,7H,6H2,1-3H3,(H,16,17). The minimum atomic E-state index is -3.86. The van der Waals surface area contributed by atoms with Crippen molar-refractivity contribution in [1.29, 1.82) is 0 Å². The predicted molar refractivity (Wildman–Crippen MR) is 78.1 cm³/mol. The summed E-state index contributed by atoms with van der Waals surface area (Å²) in [4.78, 5) is 10.8. The molecule has 0 amide bonds. The van der Waals surface area contributed by atoms with Crippen LogP contribution in [0.25, 0.3) is 0 Å². The summed E-state index contributed by atoms with van der Waals surface area (Å²) in [5.41, 5.74) is -0.299. The van der Waals surface area contributed by atoms with Gasteiger partial charge in [0, 0.05) is 13.6 Å². The molecule has 5 nitrogen and oxygen atoms in total. The minimum Gasteiger partial charge on any atom is -0.478 e. The van der Waals surface area contributed by atoms with Gasteiger partial charge in [-0.25, -0.2) is 17.5 Å². The Balaban J connectivity index is 3.38. The molecule has 1 aromatic carbocycles. The maximum Gasteiger partial charge on any atom is 0.337 e. The van der Waals surface area contributed by atoms with Crippen molar-refractivity contribution in [1.82, 2.24) is 4.31 Å². The zero-order valence-electron chi connectivity index (χ0n) is 11.2. The number of halogens is 2. The summed E-state index contributed by atoms with van der Waals surface area (Å²) < 4.78 is 25.9. The van der Waals surface area contributed by atoms with E-state index in [4.69, 9.17) is 28.3 Å². The number of carboxylic acids is 1. The molecule has 0 aliphatic carbocycles. The van der Waals surface area contributed by atoms with E-state index in [2.05, 4.69) is 0 Å². The first kappa shape index (κ1) is 17.2. The van der Waals surface area contributed by atoms with Crippen LogP contribution < -0.4 is 0 Å². The van der Waals surface area contributed by atoms with Gasteiger partial charge in [0.05, 0.1) is 15.6 Å². The summed E-state index contributed by atoms with van der Waals surface area (Å²) in [6.07, 6.45) is 0. The van der Waals surface area contributed by atoms with Crippen LogP contribution in [0.1, 0.15) is 24.2 Å². The van der Waals surface area contributed by atoms with E-state index in [9.17, 15) is 13.2 Å². The fourth-order valence-corrected chi connectivity index (χ4v) is 3.83. The highest BCUT2D eigenvalue weighted by atomic mass is 35.5. The lowest BCUT2D eigenvalue weighted by Gasteiger charge is -2.20. The van der Waals surface area contributed by atoms with Crippen LogP contribution in [0.3, 0.4) is 0 Å². The second kappa shape index (κ2) is 6.30. The molecule has 0 aliphatic rings. The quantitative estimate of drug-likeness (QED) is 0.894. The zero-order valence-corrected chi connectivity index (χ0v) is 13.6. The van der Waals surface area contributed by atoms with Crippen LogP contribution in [-0.4, -0.2) is 37.4 Å². The maximum atomic E-state index is 12.4. The van der Waals surface area contributed by atoms with E-state index in [1.165, 1.54) is 7.05 Å². The van der Waals surface area contributed by atoms with E-state index < -0.39 is 16.0 Å². The first-order valence-electron chi connectivity index (χ1n) is 5.76. The molecule has 0 bridgehead atoms. The van der Waals surface area contributed by atoms with Gasteiger partial charge in [0.2, 0.25) is 10.0 Å². The molecule has 8 heteroatoms. The number of rotatable bonds is 5.